The van der Waals surface area contributed by atoms with Gasteiger partial charge in [0, 0.05) is 34.8 Å². The van der Waals surface area contributed by atoms with Crippen molar-refractivity contribution in [2.45, 2.75) is 13.5 Å². The number of nitrogens with one attached hydrogen (secondary N) is 1. The molecule has 0 radical (unpaired) electrons. The van der Waals surface area contributed by atoms with Crippen molar-refractivity contribution in [3.05, 3.63) is 107 Å². The highest BCUT2D eigenvalue weighted by Crippen LogP contribution is 2.21. The molecule has 4 nitrogen and oxygen atoms in total. The number of hydrogen-bond donors (Lipinski definition) is 1. The lowest BCUT2D eigenvalue weighted by Gasteiger charge is -2.06. The summed E-state index contributed by atoms with van der Waals surface area (Å²) in [5.74, 6) is -0.912. The molecule has 5 heteroatoms. The number of carbonyl (C=O) groups excluding carboxylic acids is 1. The van der Waals surface area contributed by atoms with Crippen LogP contribution in [0, 0.1) is 12.7 Å². The van der Waals surface area contributed by atoms with Gasteiger partial charge < -0.3 is 4.57 Å². The van der Waals surface area contributed by atoms with Crippen LogP contribution in [-0.4, -0.2) is 16.7 Å². The minimum atomic E-state index is -0.458. The van der Waals surface area contributed by atoms with Gasteiger partial charge in [-0.05, 0) is 36.8 Å². The third kappa shape index (κ3) is 4.24. The lowest BCUT2D eigenvalue weighted by molar-refractivity contribution is 0.0954. The monoisotopic (exact) mass is 385 g/mol. The first-order chi connectivity index (χ1) is 14.1. The molecular formula is C24H20FN3O. The average Bonchev–Trinajstić information content (AvgIpc) is 3.06. The van der Waals surface area contributed by atoms with E-state index >= 15 is 0 Å². The van der Waals surface area contributed by atoms with Crippen molar-refractivity contribution < 1.29 is 9.18 Å². The summed E-state index contributed by atoms with van der Waals surface area (Å²) in [4.78, 5) is 12.1. The van der Waals surface area contributed by atoms with E-state index in [0.717, 1.165) is 23.0 Å². The molecule has 1 amide bonds. The number of benzene rings is 3. The van der Waals surface area contributed by atoms with Crippen molar-refractivity contribution in [1.82, 2.24) is 9.99 Å². The van der Waals surface area contributed by atoms with Gasteiger partial charge in [0.2, 0.25) is 0 Å². The molecule has 0 aliphatic rings. The zero-order valence-corrected chi connectivity index (χ0v) is 16.0. The molecule has 29 heavy (non-hydrogen) atoms. The number of halogens is 1. The average molecular weight is 385 g/mol. The molecule has 0 unspecified atom stereocenters. The van der Waals surface area contributed by atoms with E-state index < -0.39 is 11.7 Å². The fraction of sp³-hybridized carbons (Fsp3) is 0.0833. The Morgan fingerprint density at radius 1 is 1.07 bits per heavy atom. The van der Waals surface area contributed by atoms with Crippen LogP contribution in [0.3, 0.4) is 0 Å². The third-order valence-electron chi connectivity index (χ3n) is 4.71. The molecule has 4 aromatic rings. The molecule has 0 fully saturated rings. The maximum atomic E-state index is 13.3. The van der Waals surface area contributed by atoms with Crippen LogP contribution in [0.5, 0.6) is 0 Å². The minimum Gasteiger partial charge on any atom is -0.342 e. The van der Waals surface area contributed by atoms with Crippen LogP contribution in [0.25, 0.3) is 10.9 Å². The van der Waals surface area contributed by atoms with Gasteiger partial charge in [0.15, 0.2) is 0 Å². The zero-order valence-electron chi connectivity index (χ0n) is 16.0. The van der Waals surface area contributed by atoms with Crippen LogP contribution in [-0.2, 0) is 6.54 Å². The highest BCUT2D eigenvalue weighted by Gasteiger charge is 2.08. The van der Waals surface area contributed by atoms with Gasteiger partial charge in [0.1, 0.15) is 5.82 Å². The number of hydrazone groups is 1. The molecule has 1 N–H and O–H groups in total. The molecule has 0 saturated heterocycles. The quantitative estimate of drug-likeness (QED) is 0.385. The van der Waals surface area contributed by atoms with Gasteiger partial charge in [-0.2, -0.15) is 5.10 Å². The van der Waals surface area contributed by atoms with Crippen LogP contribution in [0.4, 0.5) is 4.39 Å². The Kier molecular flexibility index (Phi) is 5.20. The Bertz CT molecular complexity index is 1210. The van der Waals surface area contributed by atoms with Crippen molar-refractivity contribution in [2.24, 2.45) is 5.10 Å². The number of nitrogens with zero attached hydrogens (tertiary/aromatic N) is 2. The molecule has 1 heterocycles. The van der Waals surface area contributed by atoms with Gasteiger partial charge in [0.25, 0.3) is 5.91 Å². The summed E-state index contributed by atoms with van der Waals surface area (Å²) in [6.45, 7) is 2.82. The fourth-order valence-corrected chi connectivity index (χ4v) is 3.37. The molecule has 3 aromatic carbocycles. The number of rotatable bonds is 5. The van der Waals surface area contributed by atoms with E-state index in [0.29, 0.717) is 0 Å². The Balaban J connectivity index is 1.57. The van der Waals surface area contributed by atoms with Crippen molar-refractivity contribution in [2.75, 3.05) is 0 Å². The van der Waals surface area contributed by atoms with E-state index in [2.05, 4.69) is 52.3 Å². The van der Waals surface area contributed by atoms with E-state index in [-0.39, 0.29) is 5.56 Å². The number of amides is 1. The van der Waals surface area contributed by atoms with Crippen molar-refractivity contribution in [3.8, 4) is 0 Å². The predicted molar refractivity (Wildman–Crippen MR) is 114 cm³/mol. The van der Waals surface area contributed by atoms with E-state index in [4.69, 9.17) is 0 Å². The number of fused-ring (bicyclic) bond motifs is 1. The summed E-state index contributed by atoms with van der Waals surface area (Å²) in [5.41, 5.74) is 7.11. The Labute approximate surface area is 168 Å². The molecule has 0 bridgehead atoms. The van der Waals surface area contributed by atoms with E-state index in [1.165, 1.54) is 29.3 Å². The molecule has 0 aliphatic carbocycles. The van der Waals surface area contributed by atoms with Crippen LogP contribution >= 0.6 is 0 Å². The second kappa shape index (κ2) is 8.10. The molecule has 0 saturated carbocycles. The third-order valence-corrected chi connectivity index (χ3v) is 4.71. The summed E-state index contributed by atoms with van der Waals surface area (Å²) in [7, 11) is 0. The first-order valence-electron chi connectivity index (χ1n) is 9.32. The predicted octanol–water partition coefficient (Wildman–Crippen LogP) is 4.90. The van der Waals surface area contributed by atoms with Gasteiger partial charge in [-0.15, -0.1) is 0 Å². The van der Waals surface area contributed by atoms with Gasteiger partial charge in [-0.25, -0.2) is 9.82 Å². The number of carbonyl (C=O) groups is 1. The second-order valence-corrected chi connectivity index (χ2v) is 6.93. The maximum Gasteiger partial charge on any atom is 0.271 e. The van der Waals surface area contributed by atoms with Crippen LogP contribution in [0.1, 0.15) is 27.0 Å². The Morgan fingerprint density at radius 2 is 1.90 bits per heavy atom. The molecule has 1 aromatic heterocycles. The van der Waals surface area contributed by atoms with Crippen molar-refractivity contribution in [3.63, 3.8) is 0 Å². The number of aromatic nitrogens is 1. The number of aryl methyl sites for hydroxylation is 1. The summed E-state index contributed by atoms with van der Waals surface area (Å²) in [5, 5.41) is 5.12. The van der Waals surface area contributed by atoms with E-state index in [9.17, 15) is 9.18 Å². The minimum absolute atomic E-state index is 0.226. The molecule has 0 spiro atoms. The van der Waals surface area contributed by atoms with Crippen molar-refractivity contribution >= 4 is 23.0 Å². The van der Waals surface area contributed by atoms with Crippen LogP contribution in [0.2, 0.25) is 0 Å². The smallest absolute Gasteiger partial charge is 0.271 e. The fourth-order valence-electron chi connectivity index (χ4n) is 3.37. The molecule has 4 rings (SSSR count). The normalized spacial score (nSPS) is 11.2. The second-order valence-electron chi connectivity index (χ2n) is 6.93. The standard InChI is InChI=1S/C24H20FN3O/c1-17-6-4-7-18(12-17)15-28-16-20(22-10-2-3-11-23(22)28)14-26-27-24(29)19-8-5-9-21(25)13-19/h2-14,16H,15H2,1H3,(H,27,29)/b26-14-. The lowest BCUT2D eigenvalue weighted by atomic mass is 10.1. The SMILES string of the molecule is Cc1cccc(Cn2cc(/C=N\NC(=O)c3cccc(F)c3)c3ccccc32)c1. The lowest BCUT2D eigenvalue weighted by Crippen LogP contribution is -2.17. The molecular weight excluding hydrogens is 365 g/mol. The summed E-state index contributed by atoms with van der Waals surface area (Å²) < 4.78 is 15.4. The molecule has 144 valence electrons. The van der Waals surface area contributed by atoms with Gasteiger partial charge in [-0.1, -0.05) is 54.1 Å². The topological polar surface area (TPSA) is 46.4 Å². The highest BCUT2D eigenvalue weighted by atomic mass is 19.1. The van der Waals surface area contributed by atoms with Crippen LogP contribution < -0.4 is 5.43 Å². The Hall–Kier alpha value is -3.73. The summed E-state index contributed by atoms with van der Waals surface area (Å²) in [6.07, 6.45) is 3.64. The summed E-state index contributed by atoms with van der Waals surface area (Å²) >= 11 is 0. The number of para-hydroxylation sites is 1. The van der Waals surface area contributed by atoms with Gasteiger partial charge in [-0.3, -0.25) is 4.79 Å². The van der Waals surface area contributed by atoms with Gasteiger partial charge in [0.05, 0.1) is 6.21 Å². The maximum absolute atomic E-state index is 13.3. The Morgan fingerprint density at radius 3 is 2.72 bits per heavy atom. The largest absolute Gasteiger partial charge is 0.342 e. The summed E-state index contributed by atoms with van der Waals surface area (Å²) in [6, 6.07) is 22.0. The van der Waals surface area contributed by atoms with Crippen LogP contribution in [0.15, 0.2) is 84.1 Å². The first-order valence-corrected chi connectivity index (χ1v) is 9.32. The number of hydrogen-bond acceptors (Lipinski definition) is 2. The zero-order chi connectivity index (χ0) is 20.2. The van der Waals surface area contributed by atoms with E-state index in [1.807, 2.05) is 24.4 Å². The van der Waals surface area contributed by atoms with E-state index in [1.54, 1.807) is 12.3 Å². The molecule has 0 atom stereocenters. The highest BCUT2D eigenvalue weighted by molar-refractivity contribution is 6.00. The molecule has 0 aliphatic heterocycles. The first kappa shape index (κ1) is 18.6. The van der Waals surface area contributed by atoms with Gasteiger partial charge >= 0.3 is 0 Å². The van der Waals surface area contributed by atoms with Crippen molar-refractivity contribution in [1.29, 1.82) is 0 Å².